The van der Waals surface area contributed by atoms with Crippen molar-refractivity contribution in [2.45, 2.75) is 24.9 Å². The van der Waals surface area contributed by atoms with E-state index in [2.05, 4.69) is 5.32 Å². The minimum atomic E-state index is -0.315. The van der Waals surface area contributed by atoms with Crippen molar-refractivity contribution in [1.82, 2.24) is 10.2 Å². The highest BCUT2D eigenvalue weighted by Gasteiger charge is 2.34. The Labute approximate surface area is 154 Å². The van der Waals surface area contributed by atoms with Crippen molar-refractivity contribution in [3.63, 3.8) is 0 Å². The van der Waals surface area contributed by atoms with Gasteiger partial charge < -0.3 is 15.0 Å². The maximum atomic E-state index is 13.1. The summed E-state index contributed by atoms with van der Waals surface area (Å²) in [5.74, 6) is -0.289. The quantitative estimate of drug-likeness (QED) is 0.811. The van der Waals surface area contributed by atoms with Gasteiger partial charge in [0.2, 0.25) is 5.91 Å². The van der Waals surface area contributed by atoms with Crippen LogP contribution in [0.5, 0.6) is 0 Å². The van der Waals surface area contributed by atoms with Crippen molar-refractivity contribution in [2.24, 2.45) is 0 Å². The molecular formula is C21H24N2O3. The number of piperazine rings is 1. The standard InChI is InChI=1S/C21H24N2O3/c1-26-20(24)15-19(17-10-6-3-7-11-17)23-13-12-22-18(21(23)25)14-16-8-4-2-5-9-16/h2-11,18-19,22H,12-15H2,1H3. The Morgan fingerprint density at radius 2 is 1.81 bits per heavy atom. The van der Waals surface area contributed by atoms with E-state index >= 15 is 0 Å². The molecule has 1 saturated heterocycles. The molecule has 5 heteroatoms. The Balaban J connectivity index is 1.81. The summed E-state index contributed by atoms with van der Waals surface area (Å²) < 4.78 is 4.86. The predicted molar refractivity (Wildman–Crippen MR) is 99.5 cm³/mol. The molecule has 1 N–H and O–H groups in total. The van der Waals surface area contributed by atoms with Gasteiger partial charge in [-0.15, -0.1) is 0 Å². The summed E-state index contributed by atoms with van der Waals surface area (Å²) in [4.78, 5) is 26.9. The topological polar surface area (TPSA) is 58.6 Å². The number of amides is 1. The van der Waals surface area contributed by atoms with E-state index in [0.29, 0.717) is 19.5 Å². The van der Waals surface area contributed by atoms with E-state index in [1.54, 1.807) is 0 Å². The second-order valence-electron chi connectivity index (χ2n) is 6.43. The molecule has 2 aromatic carbocycles. The molecule has 1 heterocycles. The third-order valence-corrected chi connectivity index (χ3v) is 4.76. The molecule has 3 rings (SSSR count). The van der Waals surface area contributed by atoms with Crippen LogP contribution in [0, 0.1) is 0 Å². The fraction of sp³-hybridized carbons (Fsp3) is 0.333. The number of esters is 1. The van der Waals surface area contributed by atoms with Crippen molar-refractivity contribution < 1.29 is 14.3 Å². The summed E-state index contributed by atoms with van der Waals surface area (Å²) >= 11 is 0. The summed E-state index contributed by atoms with van der Waals surface area (Å²) in [6.45, 7) is 1.27. The third-order valence-electron chi connectivity index (χ3n) is 4.76. The van der Waals surface area contributed by atoms with Crippen LogP contribution in [0.1, 0.15) is 23.6 Å². The van der Waals surface area contributed by atoms with Gasteiger partial charge in [0.1, 0.15) is 0 Å². The molecule has 0 bridgehead atoms. The number of carbonyl (C=O) groups is 2. The van der Waals surface area contributed by atoms with E-state index in [1.165, 1.54) is 7.11 Å². The molecule has 1 aliphatic rings. The number of hydrogen-bond acceptors (Lipinski definition) is 4. The summed E-state index contributed by atoms with van der Waals surface area (Å²) in [6.07, 6.45) is 0.792. The number of benzene rings is 2. The highest BCUT2D eigenvalue weighted by Crippen LogP contribution is 2.27. The average Bonchev–Trinajstić information content (AvgIpc) is 2.69. The number of carbonyl (C=O) groups excluding carboxylic acids is 2. The van der Waals surface area contributed by atoms with Crippen molar-refractivity contribution in [2.75, 3.05) is 20.2 Å². The third kappa shape index (κ3) is 4.29. The summed E-state index contributed by atoms with van der Waals surface area (Å²) in [5, 5.41) is 3.31. The van der Waals surface area contributed by atoms with Gasteiger partial charge in [0.25, 0.3) is 0 Å². The Morgan fingerprint density at radius 3 is 2.46 bits per heavy atom. The normalized spacial score (nSPS) is 18.4. The van der Waals surface area contributed by atoms with Crippen molar-refractivity contribution in [1.29, 1.82) is 0 Å². The molecule has 2 aromatic rings. The lowest BCUT2D eigenvalue weighted by Gasteiger charge is -2.38. The predicted octanol–water partition coefficient (Wildman–Crippen LogP) is 2.33. The van der Waals surface area contributed by atoms with E-state index in [1.807, 2.05) is 65.6 Å². The Hall–Kier alpha value is -2.66. The van der Waals surface area contributed by atoms with Crippen LogP contribution < -0.4 is 5.32 Å². The Morgan fingerprint density at radius 1 is 1.15 bits per heavy atom. The van der Waals surface area contributed by atoms with E-state index in [4.69, 9.17) is 4.74 Å². The van der Waals surface area contributed by atoms with Crippen molar-refractivity contribution >= 4 is 11.9 Å². The SMILES string of the molecule is COC(=O)CC(c1ccccc1)N1CCNC(Cc2ccccc2)C1=O. The monoisotopic (exact) mass is 352 g/mol. The van der Waals surface area contributed by atoms with Gasteiger partial charge in [-0.1, -0.05) is 60.7 Å². The fourth-order valence-electron chi connectivity index (χ4n) is 3.40. The van der Waals surface area contributed by atoms with Crippen LogP contribution in [0.15, 0.2) is 60.7 Å². The molecule has 26 heavy (non-hydrogen) atoms. The number of nitrogens with one attached hydrogen (secondary N) is 1. The van der Waals surface area contributed by atoms with Gasteiger partial charge in [-0.2, -0.15) is 0 Å². The molecule has 2 unspecified atom stereocenters. The van der Waals surface area contributed by atoms with Gasteiger partial charge in [0.15, 0.2) is 0 Å². The Kier molecular flexibility index (Phi) is 6.02. The zero-order valence-electron chi connectivity index (χ0n) is 14.9. The molecular weight excluding hydrogens is 328 g/mol. The molecule has 1 aliphatic heterocycles. The molecule has 0 aromatic heterocycles. The molecule has 0 aliphatic carbocycles. The molecule has 5 nitrogen and oxygen atoms in total. The highest BCUT2D eigenvalue weighted by molar-refractivity contribution is 5.84. The Bertz CT molecular complexity index is 733. The van der Waals surface area contributed by atoms with Crippen LogP contribution in [-0.2, 0) is 20.7 Å². The summed E-state index contributed by atoms with van der Waals surface area (Å²) in [5.41, 5.74) is 2.07. The van der Waals surface area contributed by atoms with Crippen LogP contribution in [0.4, 0.5) is 0 Å². The first kappa shape index (κ1) is 18.1. The van der Waals surface area contributed by atoms with E-state index in [0.717, 1.165) is 11.1 Å². The van der Waals surface area contributed by atoms with Gasteiger partial charge in [0, 0.05) is 13.1 Å². The smallest absolute Gasteiger partial charge is 0.307 e. The average molecular weight is 352 g/mol. The van der Waals surface area contributed by atoms with Crippen LogP contribution in [-0.4, -0.2) is 43.0 Å². The first-order chi connectivity index (χ1) is 12.7. The first-order valence-electron chi connectivity index (χ1n) is 8.88. The molecule has 1 fully saturated rings. The fourth-order valence-corrected chi connectivity index (χ4v) is 3.40. The van der Waals surface area contributed by atoms with Gasteiger partial charge in [-0.25, -0.2) is 0 Å². The first-order valence-corrected chi connectivity index (χ1v) is 8.88. The minimum Gasteiger partial charge on any atom is -0.469 e. The van der Waals surface area contributed by atoms with Crippen LogP contribution >= 0.6 is 0 Å². The molecule has 136 valence electrons. The van der Waals surface area contributed by atoms with Gasteiger partial charge in [-0.05, 0) is 17.5 Å². The minimum absolute atomic E-state index is 0.0258. The number of rotatable bonds is 6. The van der Waals surface area contributed by atoms with E-state index in [-0.39, 0.29) is 30.4 Å². The van der Waals surface area contributed by atoms with Crippen LogP contribution in [0.3, 0.4) is 0 Å². The maximum Gasteiger partial charge on any atom is 0.307 e. The largest absolute Gasteiger partial charge is 0.469 e. The molecule has 2 atom stereocenters. The zero-order chi connectivity index (χ0) is 18.4. The molecule has 0 radical (unpaired) electrons. The summed E-state index contributed by atoms with van der Waals surface area (Å²) in [7, 11) is 1.38. The second-order valence-corrected chi connectivity index (χ2v) is 6.43. The number of hydrogen-bond donors (Lipinski definition) is 1. The highest BCUT2D eigenvalue weighted by atomic mass is 16.5. The number of methoxy groups -OCH3 is 1. The van der Waals surface area contributed by atoms with Crippen molar-refractivity contribution in [3.8, 4) is 0 Å². The molecule has 0 saturated carbocycles. The van der Waals surface area contributed by atoms with Crippen LogP contribution in [0.2, 0.25) is 0 Å². The van der Waals surface area contributed by atoms with Crippen molar-refractivity contribution in [3.05, 3.63) is 71.8 Å². The lowest BCUT2D eigenvalue weighted by atomic mass is 9.97. The lowest BCUT2D eigenvalue weighted by molar-refractivity contribution is -0.145. The lowest BCUT2D eigenvalue weighted by Crippen LogP contribution is -2.56. The van der Waals surface area contributed by atoms with Gasteiger partial charge >= 0.3 is 5.97 Å². The van der Waals surface area contributed by atoms with E-state index in [9.17, 15) is 9.59 Å². The zero-order valence-corrected chi connectivity index (χ0v) is 14.9. The second kappa shape index (κ2) is 8.63. The van der Waals surface area contributed by atoms with Crippen LogP contribution in [0.25, 0.3) is 0 Å². The summed E-state index contributed by atoms with van der Waals surface area (Å²) in [6, 6.07) is 19.1. The molecule has 1 amide bonds. The number of ether oxygens (including phenoxy) is 1. The van der Waals surface area contributed by atoms with Gasteiger partial charge in [0.05, 0.1) is 25.6 Å². The maximum absolute atomic E-state index is 13.1. The van der Waals surface area contributed by atoms with E-state index < -0.39 is 0 Å². The van der Waals surface area contributed by atoms with Gasteiger partial charge in [-0.3, -0.25) is 9.59 Å². The molecule has 0 spiro atoms. The number of nitrogens with zero attached hydrogens (tertiary/aromatic N) is 1.